The zero-order chi connectivity index (χ0) is 14.2. The van der Waals surface area contributed by atoms with Gasteiger partial charge in [-0.2, -0.15) is 11.3 Å². The van der Waals surface area contributed by atoms with Crippen LogP contribution >= 0.6 is 23.7 Å². The molecule has 1 aromatic rings. The number of morpholine rings is 1. The summed E-state index contributed by atoms with van der Waals surface area (Å²) in [5.41, 5.74) is 1.04. The van der Waals surface area contributed by atoms with Gasteiger partial charge in [0.05, 0.1) is 25.7 Å². The van der Waals surface area contributed by atoms with Gasteiger partial charge in [0.25, 0.3) is 5.92 Å². The van der Waals surface area contributed by atoms with Crippen molar-refractivity contribution in [3.63, 3.8) is 0 Å². The van der Waals surface area contributed by atoms with Crippen LogP contribution in [0.5, 0.6) is 0 Å². The molecule has 1 aromatic heterocycles. The molecule has 2 unspecified atom stereocenters. The van der Waals surface area contributed by atoms with E-state index in [2.05, 4.69) is 5.32 Å². The molecule has 2 aliphatic rings. The second-order valence-electron chi connectivity index (χ2n) is 5.19. The Hall–Kier alpha value is -0.760. The molecule has 4 nitrogen and oxygen atoms in total. The van der Waals surface area contributed by atoms with E-state index in [0.717, 1.165) is 5.56 Å². The van der Waals surface area contributed by atoms with Crippen LogP contribution in [0.1, 0.15) is 18.1 Å². The van der Waals surface area contributed by atoms with Crippen LogP contribution in [0.3, 0.4) is 0 Å². The molecule has 2 aliphatic heterocycles. The number of nitrogens with zero attached hydrogens (tertiary/aromatic N) is 1. The maximum atomic E-state index is 13.2. The average molecular weight is 339 g/mol. The number of thiophene rings is 1. The normalized spacial score (nSPS) is 28.2. The highest BCUT2D eigenvalue weighted by Gasteiger charge is 2.44. The van der Waals surface area contributed by atoms with E-state index in [4.69, 9.17) is 4.74 Å². The predicted octanol–water partition coefficient (Wildman–Crippen LogP) is 2.07. The van der Waals surface area contributed by atoms with Crippen molar-refractivity contribution in [2.75, 3.05) is 26.2 Å². The number of halogens is 3. The summed E-state index contributed by atoms with van der Waals surface area (Å²) in [5.74, 6) is -3.02. The van der Waals surface area contributed by atoms with E-state index < -0.39 is 24.9 Å². The van der Waals surface area contributed by atoms with Crippen LogP contribution < -0.4 is 5.32 Å². The second kappa shape index (κ2) is 6.56. The van der Waals surface area contributed by atoms with Gasteiger partial charge in [-0.3, -0.25) is 10.1 Å². The number of carbonyl (C=O) groups excluding carboxylic acids is 1. The summed E-state index contributed by atoms with van der Waals surface area (Å²) in [6, 6.07) is 1.19. The van der Waals surface area contributed by atoms with Crippen molar-refractivity contribution in [2.45, 2.75) is 24.5 Å². The summed E-state index contributed by atoms with van der Waals surface area (Å²) in [6.45, 7) is 0.916. The molecule has 3 heterocycles. The minimum atomic E-state index is -2.78. The monoisotopic (exact) mass is 338 g/mol. The minimum absolute atomic E-state index is 0. The number of hydrogen-bond donors (Lipinski definition) is 1. The van der Waals surface area contributed by atoms with Crippen LogP contribution in [-0.2, 0) is 9.53 Å². The molecule has 3 rings (SSSR count). The minimum Gasteiger partial charge on any atom is -0.370 e. The summed E-state index contributed by atoms with van der Waals surface area (Å²) in [7, 11) is 0. The van der Waals surface area contributed by atoms with Gasteiger partial charge in [0, 0.05) is 13.0 Å². The van der Waals surface area contributed by atoms with Gasteiger partial charge in [-0.05, 0) is 22.4 Å². The fraction of sp³-hybridized carbons (Fsp3) is 0.615. The number of nitrogens with one attached hydrogen (secondary N) is 1. The van der Waals surface area contributed by atoms with Crippen LogP contribution in [0.4, 0.5) is 8.78 Å². The van der Waals surface area contributed by atoms with Crippen LogP contribution in [-0.4, -0.2) is 49.0 Å². The van der Waals surface area contributed by atoms with Gasteiger partial charge >= 0.3 is 0 Å². The number of hydrogen-bond acceptors (Lipinski definition) is 4. The Morgan fingerprint density at radius 3 is 2.95 bits per heavy atom. The van der Waals surface area contributed by atoms with Gasteiger partial charge < -0.3 is 9.64 Å². The van der Waals surface area contributed by atoms with Gasteiger partial charge in [0.15, 0.2) is 0 Å². The molecule has 1 amide bonds. The number of amides is 1. The zero-order valence-corrected chi connectivity index (χ0v) is 12.9. The molecule has 0 spiro atoms. The lowest BCUT2D eigenvalue weighted by atomic mass is 10.1. The zero-order valence-electron chi connectivity index (χ0n) is 11.3. The van der Waals surface area contributed by atoms with E-state index in [0.29, 0.717) is 19.7 Å². The lowest BCUT2D eigenvalue weighted by molar-refractivity contribution is -0.141. The maximum Gasteiger partial charge on any atom is 0.262 e. The van der Waals surface area contributed by atoms with Crippen molar-refractivity contribution < 1.29 is 18.3 Å². The standard InChI is InChI=1S/C13H16F2N2O2S.ClH/c14-13(15)5-10(16-8-13)12(18)17-2-3-19-11(6-17)9-1-4-20-7-9;/h1,4,7,10-11,16H,2-3,5-6,8H2;1H. The fourth-order valence-electron chi connectivity index (χ4n) is 2.62. The van der Waals surface area contributed by atoms with Crippen LogP contribution in [0.25, 0.3) is 0 Å². The molecule has 0 bridgehead atoms. The van der Waals surface area contributed by atoms with E-state index in [1.165, 1.54) is 0 Å². The number of carbonyl (C=O) groups is 1. The Labute approximate surface area is 131 Å². The highest BCUT2D eigenvalue weighted by atomic mass is 35.5. The van der Waals surface area contributed by atoms with Crippen LogP contribution in [0, 0.1) is 0 Å². The third-order valence-electron chi connectivity index (χ3n) is 3.70. The van der Waals surface area contributed by atoms with Gasteiger partial charge in [0.2, 0.25) is 5.91 Å². The quantitative estimate of drug-likeness (QED) is 0.897. The van der Waals surface area contributed by atoms with Crippen molar-refractivity contribution in [1.29, 1.82) is 0 Å². The number of ether oxygens (including phenoxy) is 1. The molecule has 0 aliphatic carbocycles. The molecular weight excluding hydrogens is 322 g/mol. The predicted molar refractivity (Wildman–Crippen MR) is 78.2 cm³/mol. The summed E-state index contributed by atoms with van der Waals surface area (Å²) in [5, 5.41) is 6.56. The number of rotatable bonds is 2. The second-order valence-corrected chi connectivity index (χ2v) is 5.97. The Morgan fingerprint density at radius 1 is 1.52 bits per heavy atom. The first-order chi connectivity index (χ1) is 9.55. The van der Waals surface area contributed by atoms with E-state index in [-0.39, 0.29) is 24.4 Å². The van der Waals surface area contributed by atoms with Crippen molar-refractivity contribution >= 4 is 29.7 Å². The Kier molecular flexibility index (Phi) is 5.19. The largest absolute Gasteiger partial charge is 0.370 e. The van der Waals surface area contributed by atoms with Crippen molar-refractivity contribution in [3.05, 3.63) is 22.4 Å². The van der Waals surface area contributed by atoms with Crippen molar-refractivity contribution in [3.8, 4) is 0 Å². The summed E-state index contributed by atoms with van der Waals surface area (Å²) < 4.78 is 32.0. The summed E-state index contributed by atoms with van der Waals surface area (Å²) in [4.78, 5) is 13.9. The highest BCUT2D eigenvalue weighted by Crippen LogP contribution is 2.28. The number of alkyl halides is 2. The first-order valence-electron chi connectivity index (χ1n) is 6.59. The molecule has 2 fully saturated rings. The van der Waals surface area contributed by atoms with Crippen molar-refractivity contribution in [2.24, 2.45) is 0 Å². The lowest BCUT2D eigenvalue weighted by Crippen LogP contribution is -2.49. The molecule has 118 valence electrons. The Bertz CT molecular complexity index is 487. The molecule has 2 saturated heterocycles. The third-order valence-corrected chi connectivity index (χ3v) is 4.40. The van der Waals surface area contributed by atoms with E-state index in [1.807, 2.05) is 16.8 Å². The van der Waals surface area contributed by atoms with Gasteiger partial charge in [0.1, 0.15) is 6.10 Å². The molecule has 2 atom stereocenters. The molecule has 21 heavy (non-hydrogen) atoms. The van der Waals surface area contributed by atoms with Crippen LogP contribution in [0.2, 0.25) is 0 Å². The Morgan fingerprint density at radius 2 is 2.33 bits per heavy atom. The summed E-state index contributed by atoms with van der Waals surface area (Å²) in [6.07, 6.45) is -0.562. The lowest BCUT2D eigenvalue weighted by Gasteiger charge is -2.34. The fourth-order valence-corrected chi connectivity index (χ4v) is 3.32. The summed E-state index contributed by atoms with van der Waals surface area (Å²) >= 11 is 1.57. The van der Waals surface area contributed by atoms with Gasteiger partial charge in [-0.25, -0.2) is 8.78 Å². The van der Waals surface area contributed by atoms with Crippen molar-refractivity contribution in [1.82, 2.24) is 10.2 Å². The van der Waals surface area contributed by atoms with E-state index >= 15 is 0 Å². The van der Waals surface area contributed by atoms with Crippen LogP contribution in [0.15, 0.2) is 16.8 Å². The molecule has 1 N–H and O–H groups in total. The average Bonchev–Trinajstić information content (AvgIpc) is 3.07. The van der Waals surface area contributed by atoms with E-state index in [9.17, 15) is 13.6 Å². The van der Waals surface area contributed by atoms with E-state index in [1.54, 1.807) is 16.2 Å². The molecule has 0 radical (unpaired) electrons. The smallest absolute Gasteiger partial charge is 0.262 e. The Balaban J connectivity index is 0.00000161. The topological polar surface area (TPSA) is 41.6 Å². The maximum absolute atomic E-state index is 13.2. The van der Waals surface area contributed by atoms with Gasteiger partial charge in [-0.15, -0.1) is 12.4 Å². The molecule has 8 heteroatoms. The first-order valence-corrected chi connectivity index (χ1v) is 7.53. The van der Waals surface area contributed by atoms with Gasteiger partial charge in [-0.1, -0.05) is 0 Å². The highest BCUT2D eigenvalue weighted by molar-refractivity contribution is 7.07. The third kappa shape index (κ3) is 3.71. The molecular formula is C13H17ClF2N2O2S. The molecule has 0 aromatic carbocycles. The first kappa shape index (κ1) is 16.6. The molecule has 0 saturated carbocycles. The SMILES string of the molecule is Cl.O=C(C1CC(F)(F)CN1)N1CCOC(c2ccsc2)C1.